The third kappa shape index (κ3) is 4.12. The molecule has 0 aromatic heterocycles. The molecule has 0 N–H and O–H groups in total. The molecule has 1 aliphatic rings. The van der Waals surface area contributed by atoms with Crippen molar-refractivity contribution in [1.29, 1.82) is 0 Å². The van der Waals surface area contributed by atoms with E-state index < -0.39 is 0 Å². The first-order valence-corrected chi connectivity index (χ1v) is 6.56. The SMILES string of the molecule is CCOC(=O)[C@@H]1CCCN(CC(C)CC)C1. The van der Waals surface area contributed by atoms with E-state index in [9.17, 15) is 4.79 Å². The lowest BCUT2D eigenvalue weighted by molar-refractivity contribution is -0.150. The second-order valence-corrected chi connectivity index (χ2v) is 4.86. The number of hydrogen-bond acceptors (Lipinski definition) is 3. The van der Waals surface area contributed by atoms with Crippen LogP contribution in [-0.2, 0) is 9.53 Å². The van der Waals surface area contributed by atoms with Gasteiger partial charge in [-0.3, -0.25) is 4.79 Å². The first-order chi connectivity index (χ1) is 7.67. The average Bonchev–Trinajstić information content (AvgIpc) is 2.29. The molecule has 1 unspecified atom stereocenters. The number of esters is 1. The fraction of sp³-hybridized carbons (Fsp3) is 0.923. The van der Waals surface area contributed by atoms with Crippen LogP contribution in [0.25, 0.3) is 0 Å². The third-order valence-corrected chi connectivity index (χ3v) is 3.39. The predicted molar refractivity (Wildman–Crippen MR) is 65.3 cm³/mol. The van der Waals surface area contributed by atoms with E-state index in [0.29, 0.717) is 6.61 Å². The minimum Gasteiger partial charge on any atom is -0.466 e. The van der Waals surface area contributed by atoms with E-state index >= 15 is 0 Å². The number of piperidine rings is 1. The van der Waals surface area contributed by atoms with Crippen LogP contribution in [0.1, 0.15) is 40.0 Å². The molecule has 1 fully saturated rings. The summed E-state index contributed by atoms with van der Waals surface area (Å²) in [5, 5.41) is 0. The van der Waals surface area contributed by atoms with E-state index in [1.54, 1.807) is 0 Å². The number of hydrogen-bond donors (Lipinski definition) is 0. The van der Waals surface area contributed by atoms with Crippen molar-refractivity contribution in [2.45, 2.75) is 40.0 Å². The van der Waals surface area contributed by atoms with Crippen molar-refractivity contribution < 1.29 is 9.53 Å². The molecule has 2 atom stereocenters. The first kappa shape index (κ1) is 13.5. The van der Waals surface area contributed by atoms with Crippen LogP contribution in [0.5, 0.6) is 0 Å². The maximum absolute atomic E-state index is 11.7. The molecule has 3 nitrogen and oxygen atoms in total. The fourth-order valence-electron chi connectivity index (χ4n) is 2.24. The summed E-state index contributed by atoms with van der Waals surface area (Å²) in [5.74, 6) is 0.829. The number of ether oxygens (including phenoxy) is 1. The zero-order valence-electron chi connectivity index (χ0n) is 10.9. The first-order valence-electron chi connectivity index (χ1n) is 6.56. The van der Waals surface area contributed by atoms with E-state index in [0.717, 1.165) is 38.4 Å². The summed E-state index contributed by atoms with van der Waals surface area (Å²) < 4.78 is 5.10. The van der Waals surface area contributed by atoms with Gasteiger partial charge in [0.1, 0.15) is 0 Å². The van der Waals surface area contributed by atoms with E-state index in [4.69, 9.17) is 4.74 Å². The molecule has 3 heteroatoms. The zero-order chi connectivity index (χ0) is 12.0. The molecule has 0 spiro atoms. The van der Waals surface area contributed by atoms with E-state index in [-0.39, 0.29) is 11.9 Å². The van der Waals surface area contributed by atoms with Crippen LogP contribution in [-0.4, -0.2) is 37.1 Å². The third-order valence-electron chi connectivity index (χ3n) is 3.39. The summed E-state index contributed by atoms with van der Waals surface area (Å²) in [6, 6.07) is 0. The topological polar surface area (TPSA) is 29.5 Å². The van der Waals surface area contributed by atoms with Crippen LogP contribution in [0.2, 0.25) is 0 Å². The monoisotopic (exact) mass is 227 g/mol. The van der Waals surface area contributed by atoms with Crippen molar-refractivity contribution in [1.82, 2.24) is 4.90 Å². The summed E-state index contributed by atoms with van der Waals surface area (Å²) in [7, 11) is 0. The van der Waals surface area contributed by atoms with Crippen molar-refractivity contribution in [3.8, 4) is 0 Å². The lowest BCUT2D eigenvalue weighted by atomic mass is 9.97. The smallest absolute Gasteiger partial charge is 0.310 e. The molecule has 1 rings (SSSR count). The van der Waals surface area contributed by atoms with Crippen LogP contribution in [0.15, 0.2) is 0 Å². The summed E-state index contributed by atoms with van der Waals surface area (Å²) in [4.78, 5) is 14.1. The van der Waals surface area contributed by atoms with Gasteiger partial charge in [0.05, 0.1) is 12.5 Å². The van der Waals surface area contributed by atoms with Gasteiger partial charge in [0.2, 0.25) is 0 Å². The average molecular weight is 227 g/mol. The van der Waals surface area contributed by atoms with Crippen LogP contribution in [0, 0.1) is 11.8 Å². The molecule has 1 saturated heterocycles. The molecule has 0 aromatic carbocycles. The van der Waals surface area contributed by atoms with Gasteiger partial charge in [-0.25, -0.2) is 0 Å². The Kier molecular flexibility index (Phi) is 5.81. The van der Waals surface area contributed by atoms with Gasteiger partial charge in [0.15, 0.2) is 0 Å². The molecule has 1 heterocycles. The molecular formula is C13H25NO2. The lowest BCUT2D eigenvalue weighted by Gasteiger charge is -2.33. The molecule has 0 bridgehead atoms. The Bertz CT molecular complexity index is 218. The molecule has 0 aliphatic carbocycles. The molecule has 0 amide bonds. The molecule has 94 valence electrons. The number of carbonyl (C=O) groups excluding carboxylic acids is 1. The Morgan fingerprint density at radius 2 is 2.25 bits per heavy atom. The molecule has 0 radical (unpaired) electrons. The highest BCUT2D eigenvalue weighted by Gasteiger charge is 2.26. The minimum atomic E-state index is -0.00338. The van der Waals surface area contributed by atoms with E-state index in [1.807, 2.05) is 6.92 Å². The van der Waals surface area contributed by atoms with Gasteiger partial charge in [-0.1, -0.05) is 20.3 Å². The van der Waals surface area contributed by atoms with Crippen LogP contribution in [0.4, 0.5) is 0 Å². The maximum Gasteiger partial charge on any atom is 0.310 e. The Morgan fingerprint density at radius 1 is 1.50 bits per heavy atom. The molecular weight excluding hydrogens is 202 g/mol. The molecule has 1 aliphatic heterocycles. The van der Waals surface area contributed by atoms with Gasteiger partial charge < -0.3 is 9.64 Å². The highest BCUT2D eigenvalue weighted by molar-refractivity contribution is 5.72. The summed E-state index contributed by atoms with van der Waals surface area (Å²) >= 11 is 0. The Balaban J connectivity index is 2.37. The van der Waals surface area contributed by atoms with Crippen molar-refractivity contribution in [3.05, 3.63) is 0 Å². The van der Waals surface area contributed by atoms with Crippen molar-refractivity contribution in [2.24, 2.45) is 11.8 Å². The van der Waals surface area contributed by atoms with Crippen LogP contribution < -0.4 is 0 Å². The van der Waals surface area contributed by atoms with Gasteiger partial charge in [0.25, 0.3) is 0 Å². The Hall–Kier alpha value is -0.570. The standard InChI is InChI=1S/C13H25NO2/c1-4-11(3)9-14-8-6-7-12(10-14)13(15)16-5-2/h11-12H,4-10H2,1-3H3/t11?,12-/m1/s1. The van der Waals surface area contributed by atoms with Crippen LogP contribution >= 0.6 is 0 Å². The number of likely N-dealkylation sites (tertiary alicyclic amines) is 1. The quantitative estimate of drug-likeness (QED) is 0.675. The molecule has 0 aromatic rings. The second kappa shape index (κ2) is 6.89. The van der Waals surface area contributed by atoms with Crippen molar-refractivity contribution >= 4 is 5.97 Å². The Labute approximate surface area is 99.1 Å². The predicted octanol–water partition coefficient (Wildman–Crippen LogP) is 2.31. The van der Waals surface area contributed by atoms with Gasteiger partial charge in [-0.15, -0.1) is 0 Å². The normalized spacial score (nSPS) is 24.1. The van der Waals surface area contributed by atoms with Gasteiger partial charge in [0, 0.05) is 13.1 Å². The van der Waals surface area contributed by atoms with Crippen molar-refractivity contribution in [2.75, 3.05) is 26.2 Å². The number of rotatable bonds is 5. The minimum absolute atomic E-state index is 0.00338. The van der Waals surface area contributed by atoms with Gasteiger partial charge >= 0.3 is 5.97 Å². The Morgan fingerprint density at radius 3 is 2.88 bits per heavy atom. The largest absolute Gasteiger partial charge is 0.466 e. The second-order valence-electron chi connectivity index (χ2n) is 4.86. The zero-order valence-corrected chi connectivity index (χ0v) is 10.9. The lowest BCUT2D eigenvalue weighted by Crippen LogP contribution is -2.41. The number of nitrogens with zero attached hydrogens (tertiary/aromatic N) is 1. The van der Waals surface area contributed by atoms with Gasteiger partial charge in [-0.2, -0.15) is 0 Å². The molecule has 0 saturated carbocycles. The maximum atomic E-state index is 11.7. The molecule has 16 heavy (non-hydrogen) atoms. The summed E-state index contributed by atoms with van der Waals surface area (Å²) in [5.41, 5.74) is 0. The highest BCUT2D eigenvalue weighted by atomic mass is 16.5. The van der Waals surface area contributed by atoms with E-state index in [1.165, 1.54) is 6.42 Å². The van der Waals surface area contributed by atoms with Gasteiger partial charge in [-0.05, 0) is 32.2 Å². The van der Waals surface area contributed by atoms with E-state index in [2.05, 4.69) is 18.7 Å². The number of carbonyl (C=O) groups is 1. The summed E-state index contributed by atoms with van der Waals surface area (Å²) in [6.07, 6.45) is 3.33. The van der Waals surface area contributed by atoms with Crippen LogP contribution in [0.3, 0.4) is 0 Å². The summed E-state index contributed by atoms with van der Waals surface area (Å²) in [6.45, 7) is 10.0. The fourth-order valence-corrected chi connectivity index (χ4v) is 2.24. The highest BCUT2D eigenvalue weighted by Crippen LogP contribution is 2.19. The van der Waals surface area contributed by atoms with Crippen molar-refractivity contribution in [3.63, 3.8) is 0 Å².